The Morgan fingerprint density at radius 3 is 2.79 bits per heavy atom. The lowest BCUT2D eigenvalue weighted by Crippen LogP contribution is -2.35. The smallest absolute Gasteiger partial charge is 0.382 e. The summed E-state index contributed by atoms with van der Waals surface area (Å²) in [5, 5.41) is 13.8. The fourth-order valence-electron chi connectivity index (χ4n) is 2.64. The van der Waals surface area contributed by atoms with Crippen molar-refractivity contribution in [3.05, 3.63) is 54.5 Å². The van der Waals surface area contributed by atoms with Gasteiger partial charge in [0.15, 0.2) is 17.2 Å². The first kappa shape index (κ1) is 19.7. The average molecular weight is 400 g/mol. The van der Waals surface area contributed by atoms with Gasteiger partial charge in [-0.25, -0.2) is 14.0 Å². The van der Waals surface area contributed by atoms with E-state index in [1.807, 2.05) is 18.2 Å². The second kappa shape index (κ2) is 8.76. The van der Waals surface area contributed by atoms with E-state index in [9.17, 15) is 9.83 Å². The Morgan fingerprint density at radius 2 is 2.07 bits per heavy atom. The molecule has 2 aromatic heterocycles. The zero-order valence-corrected chi connectivity index (χ0v) is 16.1. The molecule has 0 fully saturated rings. The van der Waals surface area contributed by atoms with Crippen LogP contribution in [0.2, 0.25) is 0 Å². The molecule has 9 nitrogen and oxygen atoms in total. The first-order valence-corrected chi connectivity index (χ1v) is 9.53. The third-order valence-electron chi connectivity index (χ3n) is 4.27. The van der Waals surface area contributed by atoms with E-state index >= 15 is 0 Å². The van der Waals surface area contributed by atoms with Crippen LogP contribution in [0.1, 0.15) is 12.1 Å². The molecule has 0 spiro atoms. The molecule has 0 radical (unpaired) electrons. The number of benzene rings is 1. The Bertz CT molecular complexity index is 1000. The van der Waals surface area contributed by atoms with E-state index in [4.69, 9.17) is 19.5 Å². The Morgan fingerprint density at radius 1 is 1.29 bits per heavy atom. The first-order chi connectivity index (χ1) is 13.6. The molecule has 28 heavy (non-hydrogen) atoms. The van der Waals surface area contributed by atoms with Crippen LogP contribution in [0, 0.1) is 11.3 Å². The van der Waals surface area contributed by atoms with E-state index in [0.29, 0.717) is 29.9 Å². The highest BCUT2D eigenvalue weighted by Crippen LogP contribution is 2.30. The van der Waals surface area contributed by atoms with Crippen LogP contribution < -0.4 is 10.3 Å². The van der Waals surface area contributed by atoms with Gasteiger partial charge in [-0.05, 0) is 37.1 Å². The van der Waals surface area contributed by atoms with E-state index in [0.717, 1.165) is 5.69 Å². The molecule has 144 valence electrons. The predicted molar refractivity (Wildman–Crippen MR) is 102 cm³/mol. The number of methoxy groups -OCH3 is 1. The minimum absolute atomic E-state index is 0.206. The van der Waals surface area contributed by atoms with Crippen LogP contribution in [0.25, 0.3) is 5.52 Å². The lowest BCUT2D eigenvalue weighted by Gasteiger charge is -2.21. The zero-order chi connectivity index (χ0) is 20.0. The number of aryl methyl sites for hydroxylation is 1. The number of fused-ring (bicyclic) bond motifs is 1. The Kier molecular flexibility index (Phi) is 6.16. The van der Waals surface area contributed by atoms with Crippen LogP contribution in [0.5, 0.6) is 5.75 Å². The topological polar surface area (TPSA) is 125 Å². The minimum atomic E-state index is -2.44. The average Bonchev–Trinajstić information content (AvgIpc) is 3.14. The minimum Gasteiger partial charge on any atom is -0.382 e. The molecule has 2 atom stereocenters. The molecular formula is C18H19N5O4P+. The lowest BCUT2D eigenvalue weighted by molar-refractivity contribution is -0.00609. The Hall–Kier alpha value is -3.05. The van der Waals surface area contributed by atoms with Crippen LogP contribution in [-0.2, 0) is 20.2 Å². The van der Waals surface area contributed by atoms with E-state index < -0.39 is 13.9 Å². The highest BCUT2D eigenvalue weighted by molar-refractivity contribution is 7.33. The molecule has 0 saturated carbocycles. The Labute approximate surface area is 162 Å². The monoisotopic (exact) mass is 400 g/mol. The van der Waals surface area contributed by atoms with E-state index in [1.54, 1.807) is 28.8 Å². The fourth-order valence-corrected chi connectivity index (χ4v) is 3.30. The van der Waals surface area contributed by atoms with Crippen molar-refractivity contribution in [1.29, 1.82) is 5.26 Å². The maximum atomic E-state index is 12.0. The summed E-state index contributed by atoms with van der Waals surface area (Å²) < 4.78 is 29.6. The number of rotatable bonds is 9. The van der Waals surface area contributed by atoms with Gasteiger partial charge < -0.3 is 10.5 Å². The van der Waals surface area contributed by atoms with Crippen LogP contribution in [0.3, 0.4) is 0 Å². The summed E-state index contributed by atoms with van der Waals surface area (Å²) in [6.07, 6.45) is 2.13. The molecular weight excluding hydrogens is 381 g/mol. The number of nitrogens with zero attached hydrogens (tertiary/aromatic N) is 4. The maximum Gasteiger partial charge on any atom is 0.750 e. The molecule has 3 rings (SSSR count). The van der Waals surface area contributed by atoms with Crippen LogP contribution in [0.4, 0.5) is 5.82 Å². The molecule has 2 heterocycles. The van der Waals surface area contributed by atoms with Gasteiger partial charge in [-0.3, -0.25) is 0 Å². The highest BCUT2D eigenvalue weighted by atomic mass is 31.1. The van der Waals surface area contributed by atoms with Gasteiger partial charge in [-0.15, -0.1) is 4.52 Å². The van der Waals surface area contributed by atoms with Crippen LogP contribution in [-0.4, -0.2) is 33.9 Å². The summed E-state index contributed by atoms with van der Waals surface area (Å²) >= 11 is 0. The summed E-state index contributed by atoms with van der Waals surface area (Å²) in [4.78, 5) is 3.95. The van der Waals surface area contributed by atoms with E-state index in [1.165, 1.54) is 13.4 Å². The van der Waals surface area contributed by atoms with Gasteiger partial charge in [0.25, 0.3) is 0 Å². The normalized spacial score (nSPS) is 13.6. The standard InChI is InChI=1S/C18H19N5O4P/c1-25-18(11-19,12-26-28(24)27-15-5-3-2-4-6-15)10-9-14-7-8-16-17(20)21-13-22-23(14)16/h2-8,13H,9-10,12H2,1H3,(H2,20,21,22)/q+1. The number of para-hydroxylation sites is 1. The van der Waals surface area contributed by atoms with Gasteiger partial charge in [0, 0.05) is 17.4 Å². The molecule has 10 heteroatoms. The molecule has 2 unspecified atom stereocenters. The van der Waals surface area contributed by atoms with Crippen molar-refractivity contribution in [3.8, 4) is 11.8 Å². The molecule has 0 aliphatic carbocycles. The molecule has 0 saturated heterocycles. The molecule has 0 amide bonds. The van der Waals surface area contributed by atoms with Crippen molar-refractivity contribution in [3.63, 3.8) is 0 Å². The number of hydrogen-bond donors (Lipinski definition) is 1. The van der Waals surface area contributed by atoms with Crippen molar-refractivity contribution in [2.45, 2.75) is 18.4 Å². The third-order valence-corrected chi connectivity index (χ3v) is 4.97. The summed E-state index contributed by atoms with van der Waals surface area (Å²) in [5.41, 5.74) is 6.08. The van der Waals surface area contributed by atoms with Gasteiger partial charge in [0.05, 0.1) is 0 Å². The predicted octanol–water partition coefficient (Wildman–Crippen LogP) is 2.91. The summed E-state index contributed by atoms with van der Waals surface area (Å²) in [6.45, 7) is -0.206. The molecule has 0 aliphatic rings. The molecule has 3 aromatic rings. The van der Waals surface area contributed by atoms with Crippen molar-refractivity contribution in [2.24, 2.45) is 0 Å². The molecule has 0 aliphatic heterocycles. The fraction of sp³-hybridized carbons (Fsp3) is 0.278. The molecule has 2 N–H and O–H groups in total. The van der Waals surface area contributed by atoms with E-state index in [-0.39, 0.29) is 6.61 Å². The zero-order valence-electron chi connectivity index (χ0n) is 15.2. The third kappa shape index (κ3) is 4.43. The first-order valence-electron chi connectivity index (χ1n) is 8.43. The number of hydrogen-bond acceptors (Lipinski definition) is 8. The second-order valence-electron chi connectivity index (χ2n) is 5.98. The second-order valence-corrected chi connectivity index (χ2v) is 6.87. The van der Waals surface area contributed by atoms with Crippen LogP contribution >= 0.6 is 8.25 Å². The van der Waals surface area contributed by atoms with Crippen molar-refractivity contribution >= 4 is 19.6 Å². The number of nitrogens with two attached hydrogens (primary N) is 1. The number of anilines is 1. The van der Waals surface area contributed by atoms with Gasteiger partial charge in [0.1, 0.15) is 24.5 Å². The number of nitrogen functional groups attached to an aromatic ring is 1. The number of nitriles is 1. The lowest BCUT2D eigenvalue weighted by atomic mass is 9.99. The Balaban J connectivity index is 1.64. The summed E-state index contributed by atoms with van der Waals surface area (Å²) in [7, 11) is -1.03. The van der Waals surface area contributed by atoms with Crippen molar-refractivity contribution in [1.82, 2.24) is 14.6 Å². The SMILES string of the molecule is COC(C#N)(CCc1ccc2c(N)ncnn12)CO[P+](=O)Oc1ccccc1. The summed E-state index contributed by atoms with van der Waals surface area (Å²) in [6, 6.07) is 14.4. The van der Waals surface area contributed by atoms with Crippen LogP contribution in [0.15, 0.2) is 48.8 Å². The molecule has 1 aromatic carbocycles. The summed E-state index contributed by atoms with van der Waals surface area (Å²) in [5.74, 6) is 0.790. The largest absolute Gasteiger partial charge is 0.750 e. The van der Waals surface area contributed by atoms with Gasteiger partial charge in [-0.2, -0.15) is 10.4 Å². The van der Waals surface area contributed by atoms with Gasteiger partial charge >= 0.3 is 8.25 Å². The van der Waals surface area contributed by atoms with Gasteiger partial charge in [0.2, 0.25) is 0 Å². The maximum absolute atomic E-state index is 12.0. The number of ether oxygens (including phenoxy) is 1. The van der Waals surface area contributed by atoms with Crippen molar-refractivity contribution < 1.29 is 18.3 Å². The van der Waals surface area contributed by atoms with Gasteiger partial charge in [-0.1, -0.05) is 18.2 Å². The van der Waals surface area contributed by atoms with Crippen molar-refractivity contribution in [2.75, 3.05) is 19.5 Å². The van der Waals surface area contributed by atoms with E-state index in [2.05, 4.69) is 16.2 Å². The highest BCUT2D eigenvalue weighted by Gasteiger charge is 2.36. The number of aromatic nitrogens is 3. The quantitative estimate of drug-likeness (QED) is 0.544. The molecule has 0 bridgehead atoms.